The fourth-order valence-electron chi connectivity index (χ4n) is 3.44. The first-order valence-electron chi connectivity index (χ1n) is 8.66. The van der Waals surface area contributed by atoms with Crippen molar-refractivity contribution in [2.75, 3.05) is 12.3 Å². The van der Waals surface area contributed by atoms with E-state index in [1.54, 1.807) is 0 Å². The molecule has 0 unspecified atom stereocenters. The van der Waals surface area contributed by atoms with Crippen molar-refractivity contribution < 1.29 is 0 Å². The van der Waals surface area contributed by atoms with Crippen LogP contribution >= 0.6 is 0 Å². The van der Waals surface area contributed by atoms with Gasteiger partial charge in [-0.2, -0.15) is 0 Å². The highest BCUT2D eigenvalue weighted by Gasteiger charge is 2.18. The van der Waals surface area contributed by atoms with E-state index in [0.29, 0.717) is 5.82 Å². The van der Waals surface area contributed by atoms with Crippen LogP contribution in [0.5, 0.6) is 0 Å². The molecule has 0 spiro atoms. The van der Waals surface area contributed by atoms with Crippen molar-refractivity contribution in [2.45, 2.75) is 26.4 Å². The number of aryl methyl sites for hydroxylation is 1. The van der Waals surface area contributed by atoms with Gasteiger partial charge in [-0.1, -0.05) is 42.5 Å². The molecule has 1 aliphatic heterocycles. The van der Waals surface area contributed by atoms with Gasteiger partial charge in [0, 0.05) is 31.4 Å². The predicted molar refractivity (Wildman–Crippen MR) is 101 cm³/mol. The standard InChI is InChI=1S/C21H22N4/c1-15-23-12-20(21(22)24-15)14-25-10-9-17-7-8-18(11-19(17)13-25)16-5-3-2-4-6-16/h2-8,11-12H,9-10,13-14H2,1H3,(H2,22,23,24). The van der Waals surface area contributed by atoms with Gasteiger partial charge in [0.25, 0.3) is 0 Å². The Kier molecular flexibility index (Phi) is 4.20. The minimum absolute atomic E-state index is 0.594. The molecular formula is C21H22N4. The Morgan fingerprint density at radius 1 is 1.04 bits per heavy atom. The van der Waals surface area contributed by atoms with Crippen molar-refractivity contribution in [3.05, 3.63) is 77.2 Å². The van der Waals surface area contributed by atoms with Crippen molar-refractivity contribution in [3.8, 4) is 11.1 Å². The molecule has 0 aliphatic carbocycles. The molecule has 0 atom stereocenters. The van der Waals surface area contributed by atoms with Crippen molar-refractivity contribution in [1.29, 1.82) is 0 Å². The van der Waals surface area contributed by atoms with E-state index < -0.39 is 0 Å². The van der Waals surface area contributed by atoms with Crippen LogP contribution in [0, 0.1) is 6.92 Å². The maximum absolute atomic E-state index is 6.06. The summed E-state index contributed by atoms with van der Waals surface area (Å²) in [6.07, 6.45) is 2.92. The lowest BCUT2D eigenvalue weighted by atomic mass is 9.94. The van der Waals surface area contributed by atoms with Crippen LogP contribution in [0.25, 0.3) is 11.1 Å². The van der Waals surface area contributed by atoms with Gasteiger partial charge < -0.3 is 5.73 Å². The summed E-state index contributed by atoms with van der Waals surface area (Å²) >= 11 is 0. The van der Waals surface area contributed by atoms with Gasteiger partial charge in [0.2, 0.25) is 0 Å². The van der Waals surface area contributed by atoms with Crippen LogP contribution in [0.3, 0.4) is 0 Å². The Hall–Kier alpha value is -2.72. The first-order valence-corrected chi connectivity index (χ1v) is 8.66. The molecule has 0 bridgehead atoms. The highest BCUT2D eigenvalue weighted by molar-refractivity contribution is 5.65. The molecule has 4 nitrogen and oxygen atoms in total. The van der Waals surface area contributed by atoms with Crippen LogP contribution in [0.1, 0.15) is 22.5 Å². The van der Waals surface area contributed by atoms with Gasteiger partial charge in [-0.15, -0.1) is 0 Å². The SMILES string of the molecule is Cc1ncc(CN2CCc3ccc(-c4ccccc4)cc3C2)c(N)n1. The third kappa shape index (κ3) is 3.39. The average Bonchev–Trinajstić information content (AvgIpc) is 2.64. The van der Waals surface area contributed by atoms with Gasteiger partial charge in [-0.25, -0.2) is 9.97 Å². The second-order valence-corrected chi connectivity index (χ2v) is 6.64. The Morgan fingerprint density at radius 3 is 2.68 bits per heavy atom. The van der Waals surface area contributed by atoms with Crippen LogP contribution < -0.4 is 5.73 Å². The maximum Gasteiger partial charge on any atom is 0.131 e. The Morgan fingerprint density at radius 2 is 1.88 bits per heavy atom. The smallest absolute Gasteiger partial charge is 0.131 e. The van der Waals surface area contributed by atoms with Gasteiger partial charge in [0.15, 0.2) is 0 Å². The molecule has 0 saturated heterocycles. The summed E-state index contributed by atoms with van der Waals surface area (Å²) in [6, 6.07) is 17.4. The lowest BCUT2D eigenvalue weighted by Gasteiger charge is -2.29. The number of anilines is 1. The Balaban J connectivity index is 1.56. The summed E-state index contributed by atoms with van der Waals surface area (Å²) in [5.74, 6) is 1.31. The highest BCUT2D eigenvalue weighted by Crippen LogP contribution is 2.27. The molecular weight excluding hydrogens is 308 g/mol. The highest BCUT2D eigenvalue weighted by atomic mass is 15.1. The minimum atomic E-state index is 0.594. The van der Waals surface area contributed by atoms with Crippen LogP contribution in [0.15, 0.2) is 54.7 Å². The van der Waals surface area contributed by atoms with Crippen molar-refractivity contribution in [1.82, 2.24) is 14.9 Å². The van der Waals surface area contributed by atoms with Gasteiger partial charge >= 0.3 is 0 Å². The molecule has 0 fully saturated rings. The number of hydrogen-bond acceptors (Lipinski definition) is 4. The zero-order valence-electron chi connectivity index (χ0n) is 14.4. The lowest BCUT2D eigenvalue weighted by molar-refractivity contribution is 0.245. The minimum Gasteiger partial charge on any atom is -0.383 e. The molecule has 0 radical (unpaired) electrons. The lowest BCUT2D eigenvalue weighted by Crippen LogP contribution is -2.30. The monoisotopic (exact) mass is 330 g/mol. The van der Waals surface area contributed by atoms with E-state index in [1.807, 2.05) is 13.1 Å². The zero-order chi connectivity index (χ0) is 17.2. The second kappa shape index (κ2) is 6.65. The summed E-state index contributed by atoms with van der Waals surface area (Å²) in [4.78, 5) is 11.0. The van der Waals surface area contributed by atoms with E-state index in [2.05, 4.69) is 63.4 Å². The number of nitrogens with zero attached hydrogens (tertiary/aromatic N) is 3. The number of nitrogen functional groups attached to an aromatic ring is 1. The molecule has 4 heteroatoms. The van der Waals surface area contributed by atoms with Crippen LogP contribution in [0.4, 0.5) is 5.82 Å². The quantitative estimate of drug-likeness (QED) is 0.797. The maximum atomic E-state index is 6.06. The third-order valence-corrected chi connectivity index (χ3v) is 4.82. The van der Waals surface area contributed by atoms with Gasteiger partial charge in [0.05, 0.1) is 0 Å². The number of benzene rings is 2. The first kappa shape index (κ1) is 15.8. The van der Waals surface area contributed by atoms with Crippen molar-refractivity contribution in [2.24, 2.45) is 0 Å². The fraction of sp³-hybridized carbons (Fsp3) is 0.238. The predicted octanol–water partition coefficient (Wildman–Crippen LogP) is 3.59. The van der Waals surface area contributed by atoms with Crippen LogP contribution in [-0.4, -0.2) is 21.4 Å². The van der Waals surface area contributed by atoms with E-state index >= 15 is 0 Å². The average molecular weight is 330 g/mol. The summed E-state index contributed by atoms with van der Waals surface area (Å²) in [7, 11) is 0. The van der Waals surface area contributed by atoms with Gasteiger partial charge in [0.1, 0.15) is 11.6 Å². The van der Waals surface area contributed by atoms with Crippen LogP contribution in [0.2, 0.25) is 0 Å². The molecule has 4 rings (SSSR count). The molecule has 0 amide bonds. The van der Waals surface area contributed by atoms with Crippen molar-refractivity contribution in [3.63, 3.8) is 0 Å². The number of nitrogens with two attached hydrogens (primary N) is 1. The Bertz CT molecular complexity index is 890. The molecule has 1 aliphatic rings. The molecule has 2 aromatic carbocycles. The summed E-state index contributed by atoms with van der Waals surface area (Å²) < 4.78 is 0. The fourth-order valence-corrected chi connectivity index (χ4v) is 3.44. The van der Waals surface area contributed by atoms with Crippen LogP contribution in [-0.2, 0) is 19.5 Å². The molecule has 1 aromatic heterocycles. The molecule has 3 aromatic rings. The largest absolute Gasteiger partial charge is 0.383 e. The normalized spacial score (nSPS) is 14.3. The molecule has 2 heterocycles. The summed E-state index contributed by atoms with van der Waals surface area (Å²) in [6.45, 7) is 4.62. The number of hydrogen-bond donors (Lipinski definition) is 1. The number of rotatable bonds is 3. The second-order valence-electron chi connectivity index (χ2n) is 6.64. The third-order valence-electron chi connectivity index (χ3n) is 4.82. The van der Waals surface area contributed by atoms with E-state index in [0.717, 1.165) is 37.4 Å². The van der Waals surface area contributed by atoms with Gasteiger partial charge in [-0.05, 0) is 41.7 Å². The zero-order valence-corrected chi connectivity index (χ0v) is 14.4. The Labute approximate surface area is 148 Å². The topological polar surface area (TPSA) is 55.0 Å². The van der Waals surface area contributed by atoms with Crippen molar-refractivity contribution >= 4 is 5.82 Å². The van der Waals surface area contributed by atoms with E-state index in [1.165, 1.54) is 22.3 Å². The molecule has 2 N–H and O–H groups in total. The number of aromatic nitrogens is 2. The summed E-state index contributed by atoms with van der Waals surface area (Å²) in [5.41, 5.74) is 12.5. The first-order chi connectivity index (χ1) is 12.2. The molecule has 25 heavy (non-hydrogen) atoms. The number of fused-ring (bicyclic) bond motifs is 1. The molecule has 126 valence electrons. The van der Waals surface area contributed by atoms with Gasteiger partial charge in [-0.3, -0.25) is 4.90 Å². The summed E-state index contributed by atoms with van der Waals surface area (Å²) in [5, 5.41) is 0. The molecule has 0 saturated carbocycles. The van der Waals surface area contributed by atoms with E-state index in [9.17, 15) is 0 Å². The van der Waals surface area contributed by atoms with E-state index in [4.69, 9.17) is 5.73 Å². The van der Waals surface area contributed by atoms with E-state index in [-0.39, 0.29) is 0 Å².